The second-order valence-corrected chi connectivity index (χ2v) is 10.2. The summed E-state index contributed by atoms with van der Waals surface area (Å²) < 4.78 is 19.6. The molecular weight excluding hydrogens is 454 g/mol. The van der Waals surface area contributed by atoms with E-state index in [1.165, 1.54) is 10.4 Å². The number of thiophene rings is 1. The van der Waals surface area contributed by atoms with Gasteiger partial charge in [-0.1, -0.05) is 0 Å². The Balaban J connectivity index is 1.49. The van der Waals surface area contributed by atoms with Crippen LogP contribution in [0, 0.1) is 0 Å². The van der Waals surface area contributed by atoms with Crippen LogP contribution in [-0.2, 0) is 26.5 Å². The zero-order chi connectivity index (χ0) is 23.3. The van der Waals surface area contributed by atoms with Crippen molar-refractivity contribution in [2.45, 2.75) is 38.3 Å². The minimum Gasteiger partial charge on any atom is -0.376 e. The molecule has 3 aromatic heterocycles. The number of ether oxygens (including phenoxy) is 3. The Morgan fingerprint density at radius 1 is 0.971 bits per heavy atom. The molecule has 3 aliphatic heterocycles. The van der Waals surface area contributed by atoms with Crippen molar-refractivity contribution in [3.05, 3.63) is 29.0 Å². The van der Waals surface area contributed by atoms with E-state index >= 15 is 0 Å². The van der Waals surface area contributed by atoms with Crippen LogP contribution < -0.4 is 5.73 Å². The fraction of sp³-hybridized carbons (Fsp3) is 0.565. The van der Waals surface area contributed by atoms with Gasteiger partial charge in [-0.2, -0.15) is 0 Å². The molecule has 2 N–H and O–H groups in total. The van der Waals surface area contributed by atoms with Crippen molar-refractivity contribution < 1.29 is 14.2 Å². The maximum absolute atomic E-state index is 6.79. The van der Waals surface area contributed by atoms with Gasteiger partial charge in [0, 0.05) is 50.3 Å². The molecule has 2 atom stereocenters. The van der Waals surface area contributed by atoms with E-state index in [4.69, 9.17) is 24.9 Å². The van der Waals surface area contributed by atoms with Crippen molar-refractivity contribution >= 4 is 27.5 Å². The van der Waals surface area contributed by atoms with Gasteiger partial charge in [-0.05, 0) is 20.3 Å². The molecular formula is C23H29N7O3S. The highest BCUT2D eigenvalue weighted by Gasteiger charge is 2.52. The Kier molecular flexibility index (Phi) is 5.71. The second kappa shape index (κ2) is 8.74. The molecule has 34 heavy (non-hydrogen) atoms. The lowest BCUT2D eigenvalue weighted by molar-refractivity contribution is -0.293. The third kappa shape index (κ3) is 3.67. The van der Waals surface area contributed by atoms with Gasteiger partial charge in [0.05, 0.1) is 52.7 Å². The molecule has 0 spiro atoms. The van der Waals surface area contributed by atoms with Crippen molar-refractivity contribution in [3.63, 3.8) is 0 Å². The number of rotatable bonds is 3. The molecule has 6 rings (SSSR count). The van der Waals surface area contributed by atoms with Crippen LogP contribution in [0.25, 0.3) is 21.6 Å². The lowest BCUT2D eigenvalue weighted by Gasteiger charge is -2.54. The molecule has 2 saturated heterocycles. The molecule has 2 fully saturated rings. The first-order valence-electron chi connectivity index (χ1n) is 11.8. The molecule has 0 bridgehead atoms. The van der Waals surface area contributed by atoms with Crippen molar-refractivity contribution in [2.24, 2.45) is 0 Å². The summed E-state index contributed by atoms with van der Waals surface area (Å²) in [6.45, 7) is 9.48. The maximum atomic E-state index is 6.79. The summed E-state index contributed by atoms with van der Waals surface area (Å²) in [7, 11) is 0. The van der Waals surface area contributed by atoms with Gasteiger partial charge in [0.2, 0.25) is 11.8 Å². The van der Waals surface area contributed by atoms with Crippen LogP contribution >= 0.6 is 11.3 Å². The zero-order valence-corrected chi connectivity index (χ0v) is 20.3. The van der Waals surface area contributed by atoms with Crippen LogP contribution in [-0.4, -0.2) is 87.9 Å². The minimum atomic E-state index is -0.653. The zero-order valence-electron chi connectivity index (χ0n) is 19.4. The molecule has 2 unspecified atom stereocenters. The van der Waals surface area contributed by atoms with Crippen LogP contribution in [0.4, 0.5) is 5.95 Å². The molecule has 180 valence electrons. The molecule has 11 heteroatoms. The van der Waals surface area contributed by atoms with Crippen molar-refractivity contribution in [1.29, 1.82) is 0 Å². The van der Waals surface area contributed by atoms with Crippen molar-refractivity contribution in [1.82, 2.24) is 29.7 Å². The molecule has 0 aromatic carbocycles. The smallest absolute Gasteiger partial charge is 0.219 e. The number of nitrogens with two attached hydrogens (primary N) is 1. The van der Waals surface area contributed by atoms with Gasteiger partial charge in [-0.15, -0.1) is 11.3 Å². The van der Waals surface area contributed by atoms with E-state index < -0.39 is 5.85 Å². The average molecular weight is 484 g/mol. The summed E-state index contributed by atoms with van der Waals surface area (Å²) in [5.41, 5.74) is 8.63. The molecule has 0 aliphatic carbocycles. The number of aromatic nitrogens is 4. The summed E-state index contributed by atoms with van der Waals surface area (Å²) in [6, 6.07) is 0. The van der Waals surface area contributed by atoms with Gasteiger partial charge in [0.15, 0.2) is 5.82 Å². The lowest BCUT2D eigenvalue weighted by atomic mass is 10.0. The summed E-state index contributed by atoms with van der Waals surface area (Å²) in [4.78, 5) is 23.9. The molecule has 3 aliphatic rings. The van der Waals surface area contributed by atoms with Crippen LogP contribution in [0.1, 0.15) is 24.3 Å². The molecule has 0 radical (unpaired) electrons. The summed E-state index contributed by atoms with van der Waals surface area (Å²) in [5, 5.41) is 0. The molecule has 10 nitrogen and oxygen atoms in total. The highest BCUT2D eigenvalue weighted by atomic mass is 32.1. The SMILES string of the molecule is CC1CN(C2(N3CCOC(C)C3)OCCc3c2sc2cnc(-c4cnc(N)nc4)nc32)CCO1. The highest BCUT2D eigenvalue weighted by Crippen LogP contribution is 2.47. The van der Waals surface area contributed by atoms with E-state index in [1.54, 1.807) is 23.7 Å². The lowest BCUT2D eigenvalue weighted by Crippen LogP contribution is -2.66. The third-order valence-electron chi connectivity index (χ3n) is 6.75. The summed E-state index contributed by atoms with van der Waals surface area (Å²) in [5.74, 6) is 0.184. The minimum absolute atomic E-state index is 0.143. The molecule has 0 amide bonds. The standard InChI is InChI=1S/C23H29N7O3S/c1-14-12-29(4-7-31-14)23(30-5-8-32-15(2)13-30)20-17(3-6-33-23)19-18(34-20)11-25-21(28-19)16-9-26-22(24)27-10-16/h9-11,14-15H,3-8,12-13H2,1-2H3,(H2,24,26,27). The Morgan fingerprint density at radius 3 is 2.29 bits per heavy atom. The maximum Gasteiger partial charge on any atom is 0.219 e. The first-order chi connectivity index (χ1) is 16.5. The van der Waals surface area contributed by atoms with E-state index in [9.17, 15) is 0 Å². The normalized spacial score (nSPS) is 28.8. The summed E-state index contributed by atoms with van der Waals surface area (Å²) in [6.07, 6.45) is 6.34. The number of morpholine rings is 2. The van der Waals surface area contributed by atoms with Crippen LogP contribution in [0.15, 0.2) is 18.6 Å². The van der Waals surface area contributed by atoms with E-state index in [0.29, 0.717) is 25.6 Å². The van der Waals surface area contributed by atoms with E-state index in [0.717, 1.165) is 48.4 Å². The topological polar surface area (TPSA) is 112 Å². The first-order valence-corrected chi connectivity index (χ1v) is 12.6. The predicted molar refractivity (Wildman–Crippen MR) is 128 cm³/mol. The van der Waals surface area contributed by atoms with Gasteiger partial charge in [0.1, 0.15) is 0 Å². The fourth-order valence-corrected chi connectivity index (χ4v) is 6.61. The van der Waals surface area contributed by atoms with Gasteiger partial charge >= 0.3 is 0 Å². The van der Waals surface area contributed by atoms with E-state index in [2.05, 4.69) is 38.6 Å². The number of fused-ring (bicyclic) bond motifs is 3. The number of hydrogen-bond acceptors (Lipinski definition) is 11. The Hall–Kier alpha value is -2.28. The molecule has 6 heterocycles. The second-order valence-electron chi connectivity index (χ2n) is 9.11. The Bertz CT molecular complexity index is 1170. The largest absolute Gasteiger partial charge is 0.376 e. The van der Waals surface area contributed by atoms with Gasteiger partial charge < -0.3 is 19.9 Å². The van der Waals surface area contributed by atoms with Gasteiger partial charge in [-0.25, -0.2) is 19.9 Å². The first kappa shape index (κ1) is 22.2. The predicted octanol–water partition coefficient (Wildman–Crippen LogP) is 1.85. The number of hydrogen-bond donors (Lipinski definition) is 1. The van der Waals surface area contributed by atoms with Crippen molar-refractivity contribution in [2.75, 3.05) is 51.7 Å². The number of nitrogens with zero attached hydrogens (tertiary/aromatic N) is 6. The molecule has 3 aromatic rings. The van der Waals surface area contributed by atoms with E-state index in [1.807, 2.05) is 6.20 Å². The van der Waals surface area contributed by atoms with Crippen molar-refractivity contribution in [3.8, 4) is 11.4 Å². The quantitative estimate of drug-likeness (QED) is 0.592. The average Bonchev–Trinajstić information content (AvgIpc) is 3.23. The highest BCUT2D eigenvalue weighted by molar-refractivity contribution is 7.19. The number of anilines is 1. The van der Waals surface area contributed by atoms with Gasteiger partial charge in [-0.3, -0.25) is 9.80 Å². The monoisotopic (exact) mass is 483 g/mol. The van der Waals surface area contributed by atoms with Crippen LogP contribution in [0.2, 0.25) is 0 Å². The Morgan fingerprint density at radius 2 is 1.65 bits per heavy atom. The Labute approximate surface area is 202 Å². The van der Waals surface area contributed by atoms with Crippen LogP contribution in [0.3, 0.4) is 0 Å². The number of nitrogen functional groups attached to an aromatic ring is 1. The van der Waals surface area contributed by atoms with Crippen LogP contribution in [0.5, 0.6) is 0 Å². The van der Waals surface area contributed by atoms with E-state index in [-0.39, 0.29) is 18.2 Å². The molecule has 0 saturated carbocycles. The fourth-order valence-electron chi connectivity index (χ4n) is 5.25. The third-order valence-corrected chi connectivity index (χ3v) is 7.98. The van der Waals surface area contributed by atoms with Gasteiger partial charge in [0.25, 0.3) is 0 Å². The summed E-state index contributed by atoms with van der Waals surface area (Å²) >= 11 is 1.74.